The van der Waals surface area contributed by atoms with Gasteiger partial charge in [0.2, 0.25) is 0 Å². The van der Waals surface area contributed by atoms with Gasteiger partial charge < -0.3 is 4.74 Å². The fourth-order valence-electron chi connectivity index (χ4n) is 0.583. The van der Waals surface area contributed by atoms with E-state index in [1.807, 2.05) is 6.26 Å². The molecule has 0 fully saturated rings. The van der Waals surface area contributed by atoms with Crippen molar-refractivity contribution < 1.29 is 4.74 Å². The highest BCUT2D eigenvalue weighted by Crippen LogP contribution is 2.03. The highest BCUT2D eigenvalue weighted by atomic mass is 16.5. The van der Waals surface area contributed by atoms with Gasteiger partial charge in [0.1, 0.15) is 0 Å². The summed E-state index contributed by atoms with van der Waals surface area (Å²) in [4.78, 5) is 0. The molecule has 0 bridgehead atoms. The predicted octanol–water partition coefficient (Wildman–Crippen LogP) is 2.34. The highest BCUT2D eigenvalue weighted by molar-refractivity contribution is 4.94. The number of rotatable bonds is 3. The Labute approximate surface area is 51.4 Å². The number of hydrogen-bond donors (Lipinski definition) is 0. The Morgan fingerprint density at radius 1 is 1.38 bits per heavy atom. The van der Waals surface area contributed by atoms with Gasteiger partial charge in [-0.05, 0) is 18.4 Å². The van der Waals surface area contributed by atoms with E-state index in [0.717, 1.165) is 12.8 Å². The molecule has 0 aromatic heterocycles. The summed E-state index contributed by atoms with van der Waals surface area (Å²) in [5.74, 6) is 0. The summed E-state index contributed by atoms with van der Waals surface area (Å²) in [5.41, 5.74) is 1.37. The molecule has 48 valence electrons. The van der Waals surface area contributed by atoms with Crippen molar-refractivity contribution in [1.29, 1.82) is 0 Å². The minimum atomic E-state index is 1.10. The van der Waals surface area contributed by atoms with Gasteiger partial charge in [0.25, 0.3) is 0 Å². The van der Waals surface area contributed by atoms with Crippen LogP contribution in [0.25, 0.3) is 0 Å². The van der Waals surface area contributed by atoms with Crippen molar-refractivity contribution in [3.8, 4) is 0 Å². The van der Waals surface area contributed by atoms with Gasteiger partial charge in [-0.25, -0.2) is 0 Å². The Morgan fingerprint density at radius 3 is 2.00 bits per heavy atom. The molecule has 0 aliphatic rings. The van der Waals surface area contributed by atoms with Crippen LogP contribution in [0.15, 0.2) is 11.8 Å². The zero-order valence-corrected chi connectivity index (χ0v) is 5.90. The van der Waals surface area contributed by atoms with Crippen molar-refractivity contribution in [1.82, 2.24) is 0 Å². The van der Waals surface area contributed by atoms with Crippen LogP contribution in [0, 0.1) is 0 Å². The minimum absolute atomic E-state index is 1.10. The maximum Gasteiger partial charge on any atom is 0.0816 e. The molecule has 0 aromatic carbocycles. The van der Waals surface area contributed by atoms with Crippen molar-refractivity contribution in [2.45, 2.75) is 26.7 Å². The third kappa shape index (κ3) is 2.67. The molecule has 8 heavy (non-hydrogen) atoms. The molecule has 0 rings (SSSR count). The number of allylic oxidation sites excluding steroid dienone is 1. The molecule has 0 aliphatic carbocycles. The van der Waals surface area contributed by atoms with E-state index in [2.05, 4.69) is 13.8 Å². The van der Waals surface area contributed by atoms with E-state index in [-0.39, 0.29) is 0 Å². The van der Waals surface area contributed by atoms with Gasteiger partial charge in [0, 0.05) is 0 Å². The summed E-state index contributed by atoms with van der Waals surface area (Å²) in [6.45, 7) is 4.27. The van der Waals surface area contributed by atoms with E-state index in [9.17, 15) is 0 Å². The molecule has 0 atom stereocenters. The molecule has 1 nitrogen and oxygen atoms in total. The summed E-state index contributed by atoms with van der Waals surface area (Å²) in [6.07, 6.45) is 4.02. The van der Waals surface area contributed by atoms with E-state index in [1.165, 1.54) is 5.57 Å². The topological polar surface area (TPSA) is 9.23 Å². The molecule has 0 heterocycles. The number of methoxy groups -OCH3 is 1. The Hall–Kier alpha value is -0.460. The molecule has 0 aromatic rings. The second kappa shape index (κ2) is 4.69. The average Bonchev–Trinajstić information content (AvgIpc) is 1.83. The van der Waals surface area contributed by atoms with Gasteiger partial charge in [-0.2, -0.15) is 0 Å². The Bertz CT molecular complexity index is 68.5. The van der Waals surface area contributed by atoms with Crippen LogP contribution in [-0.2, 0) is 4.74 Å². The molecule has 0 spiro atoms. The van der Waals surface area contributed by atoms with Crippen molar-refractivity contribution in [3.05, 3.63) is 11.8 Å². The third-order valence-corrected chi connectivity index (χ3v) is 1.19. The number of hydrogen-bond acceptors (Lipinski definition) is 1. The molecule has 0 unspecified atom stereocenters. The van der Waals surface area contributed by atoms with Gasteiger partial charge in [-0.15, -0.1) is 0 Å². The fraction of sp³-hybridized carbons (Fsp3) is 0.714. The van der Waals surface area contributed by atoms with Crippen LogP contribution in [0.4, 0.5) is 0 Å². The molecule has 1 heteroatoms. The van der Waals surface area contributed by atoms with E-state index >= 15 is 0 Å². The molecule has 0 saturated carbocycles. The van der Waals surface area contributed by atoms with Crippen LogP contribution in [0.3, 0.4) is 0 Å². The van der Waals surface area contributed by atoms with Crippen LogP contribution in [-0.4, -0.2) is 7.11 Å². The molecular formula is C7H14O. The Balaban J connectivity index is 3.49. The van der Waals surface area contributed by atoms with E-state index in [4.69, 9.17) is 4.74 Å². The summed E-state index contributed by atoms with van der Waals surface area (Å²) in [7, 11) is 1.69. The largest absolute Gasteiger partial charge is 0.504 e. The van der Waals surface area contributed by atoms with Crippen molar-refractivity contribution >= 4 is 0 Å². The standard InChI is InChI=1S/C7H14O/c1-4-7(5-2)6-8-3/h6H,4-5H2,1-3H3. The molecule has 0 aliphatic heterocycles. The van der Waals surface area contributed by atoms with Crippen LogP contribution in [0.5, 0.6) is 0 Å². The first-order valence-corrected chi connectivity index (χ1v) is 3.05. The maximum atomic E-state index is 4.82. The van der Waals surface area contributed by atoms with Crippen LogP contribution in [0.1, 0.15) is 26.7 Å². The monoisotopic (exact) mass is 114 g/mol. The maximum absolute atomic E-state index is 4.82. The summed E-state index contributed by atoms with van der Waals surface area (Å²) >= 11 is 0. The zero-order valence-electron chi connectivity index (χ0n) is 5.90. The van der Waals surface area contributed by atoms with Gasteiger partial charge in [-0.3, -0.25) is 0 Å². The Morgan fingerprint density at radius 2 is 1.88 bits per heavy atom. The van der Waals surface area contributed by atoms with E-state index in [1.54, 1.807) is 7.11 Å². The molecule has 0 radical (unpaired) electrons. The predicted molar refractivity (Wildman–Crippen MR) is 35.7 cm³/mol. The molecular weight excluding hydrogens is 100 g/mol. The summed E-state index contributed by atoms with van der Waals surface area (Å²) in [6, 6.07) is 0. The highest BCUT2D eigenvalue weighted by Gasteiger charge is 1.85. The second-order valence-electron chi connectivity index (χ2n) is 1.72. The van der Waals surface area contributed by atoms with Crippen LogP contribution in [0.2, 0.25) is 0 Å². The lowest BCUT2D eigenvalue weighted by molar-refractivity contribution is 0.331. The van der Waals surface area contributed by atoms with E-state index < -0.39 is 0 Å². The summed E-state index contributed by atoms with van der Waals surface area (Å²) in [5, 5.41) is 0. The molecule has 0 saturated heterocycles. The van der Waals surface area contributed by atoms with Gasteiger partial charge in [-0.1, -0.05) is 13.8 Å². The van der Waals surface area contributed by atoms with Crippen LogP contribution < -0.4 is 0 Å². The normalized spacial score (nSPS) is 8.38. The first-order chi connectivity index (χ1) is 3.85. The van der Waals surface area contributed by atoms with Crippen molar-refractivity contribution in [2.24, 2.45) is 0 Å². The SMILES string of the molecule is CCC(=COC)CC. The third-order valence-electron chi connectivity index (χ3n) is 1.19. The average molecular weight is 114 g/mol. The lowest BCUT2D eigenvalue weighted by Gasteiger charge is -1.96. The summed E-state index contributed by atoms with van der Waals surface area (Å²) < 4.78 is 4.82. The molecule has 0 N–H and O–H groups in total. The van der Waals surface area contributed by atoms with Crippen molar-refractivity contribution in [2.75, 3.05) is 7.11 Å². The molecule has 0 amide bonds. The van der Waals surface area contributed by atoms with Gasteiger partial charge in [0.15, 0.2) is 0 Å². The smallest absolute Gasteiger partial charge is 0.0816 e. The first kappa shape index (κ1) is 7.54. The minimum Gasteiger partial charge on any atom is -0.504 e. The Kier molecular flexibility index (Phi) is 4.42. The van der Waals surface area contributed by atoms with Crippen LogP contribution >= 0.6 is 0 Å². The fourth-order valence-corrected chi connectivity index (χ4v) is 0.583. The first-order valence-electron chi connectivity index (χ1n) is 3.05. The van der Waals surface area contributed by atoms with Gasteiger partial charge >= 0.3 is 0 Å². The number of ether oxygens (including phenoxy) is 1. The second-order valence-corrected chi connectivity index (χ2v) is 1.72. The quantitative estimate of drug-likeness (QED) is 0.512. The van der Waals surface area contributed by atoms with Gasteiger partial charge in [0.05, 0.1) is 13.4 Å². The zero-order chi connectivity index (χ0) is 6.41. The lowest BCUT2D eigenvalue weighted by atomic mass is 10.2. The van der Waals surface area contributed by atoms with E-state index in [0.29, 0.717) is 0 Å². The lowest BCUT2D eigenvalue weighted by Crippen LogP contribution is -1.77. The van der Waals surface area contributed by atoms with Crippen molar-refractivity contribution in [3.63, 3.8) is 0 Å².